The lowest BCUT2D eigenvalue weighted by Gasteiger charge is -2.23. The minimum absolute atomic E-state index is 0.0966. The predicted octanol–water partition coefficient (Wildman–Crippen LogP) is 1.02. The summed E-state index contributed by atoms with van der Waals surface area (Å²) in [4.78, 5) is 24.9. The first-order valence-electron chi connectivity index (χ1n) is 6.55. The van der Waals surface area contributed by atoms with Crippen molar-refractivity contribution in [2.24, 2.45) is 0 Å². The Kier molecular flexibility index (Phi) is 5.83. The summed E-state index contributed by atoms with van der Waals surface area (Å²) in [5.74, 6) is -0.499. The Morgan fingerprint density at radius 2 is 2.05 bits per heavy atom. The maximum absolute atomic E-state index is 11.6. The lowest BCUT2D eigenvalue weighted by atomic mass is 10.1. The van der Waals surface area contributed by atoms with Gasteiger partial charge < -0.3 is 20.7 Å². The molecule has 0 aromatic heterocycles. The van der Waals surface area contributed by atoms with Crippen molar-refractivity contribution in [1.29, 1.82) is 0 Å². The normalized spacial score (nSPS) is 9.95. The van der Waals surface area contributed by atoms with Gasteiger partial charge in [-0.3, -0.25) is 4.79 Å². The quantitative estimate of drug-likeness (QED) is 0.600. The van der Waals surface area contributed by atoms with Crippen molar-refractivity contribution < 1.29 is 14.3 Å². The number of rotatable bonds is 6. The van der Waals surface area contributed by atoms with Crippen LogP contribution in [0.15, 0.2) is 18.2 Å². The van der Waals surface area contributed by atoms with Crippen molar-refractivity contribution in [3.8, 4) is 0 Å². The van der Waals surface area contributed by atoms with E-state index in [1.165, 1.54) is 0 Å². The number of benzene rings is 1. The molecule has 0 heterocycles. The molecule has 0 saturated heterocycles. The van der Waals surface area contributed by atoms with Crippen LogP contribution in [-0.4, -0.2) is 38.6 Å². The Hall–Kier alpha value is -2.24. The molecule has 6 heteroatoms. The molecule has 0 unspecified atom stereocenters. The largest absolute Gasteiger partial charge is 0.462 e. The van der Waals surface area contributed by atoms with Crippen molar-refractivity contribution in [2.75, 3.05) is 37.4 Å². The van der Waals surface area contributed by atoms with Crippen LogP contribution < -0.4 is 16.0 Å². The van der Waals surface area contributed by atoms with Gasteiger partial charge in [0.2, 0.25) is 5.91 Å². The van der Waals surface area contributed by atoms with E-state index < -0.39 is 5.97 Å². The Labute approximate surface area is 118 Å². The van der Waals surface area contributed by atoms with Gasteiger partial charge in [-0.25, -0.2) is 4.79 Å². The van der Waals surface area contributed by atoms with Gasteiger partial charge in [-0.05, 0) is 32.0 Å². The van der Waals surface area contributed by atoms with Gasteiger partial charge in [0, 0.05) is 13.6 Å². The number of hydrogen-bond donors (Lipinski definition) is 2. The number of esters is 1. The van der Waals surface area contributed by atoms with E-state index in [2.05, 4.69) is 5.32 Å². The van der Waals surface area contributed by atoms with Gasteiger partial charge in [0.25, 0.3) is 0 Å². The lowest BCUT2D eigenvalue weighted by molar-refractivity contribution is -0.119. The first-order valence-corrected chi connectivity index (χ1v) is 6.55. The number of ether oxygens (including phenoxy) is 1. The highest BCUT2D eigenvalue weighted by Crippen LogP contribution is 2.24. The average molecular weight is 279 g/mol. The van der Waals surface area contributed by atoms with Crippen LogP contribution in [0.5, 0.6) is 0 Å². The smallest absolute Gasteiger partial charge is 0.338 e. The van der Waals surface area contributed by atoms with Gasteiger partial charge in [0.15, 0.2) is 0 Å². The van der Waals surface area contributed by atoms with E-state index in [-0.39, 0.29) is 12.5 Å². The fourth-order valence-electron chi connectivity index (χ4n) is 1.80. The van der Waals surface area contributed by atoms with Crippen LogP contribution >= 0.6 is 0 Å². The molecule has 110 valence electrons. The van der Waals surface area contributed by atoms with Crippen LogP contribution in [0.25, 0.3) is 0 Å². The van der Waals surface area contributed by atoms with E-state index in [0.29, 0.717) is 24.4 Å². The molecule has 0 spiro atoms. The molecule has 0 saturated carbocycles. The second kappa shape index (κ2) is 7.37. The SMILES string of the molecule is CCOC(=O)c1ccc(N(CC)CC(=O)NC)c(N)c1. The maximum atomic E-state index is 11.6. The average Bonchev–Trinajstić information content (AvgIpc) is 2.45. The number of carbonyl (C=O) groups is 2. The number of anilines is 2. The number of likely N-dealkylation sites (N-methyl/N-ethyl adjacent to an activating group) is 2. The second-order valence-electron chi connectivity index (χ2n) is 4.18. The summed E-state index contributed by atoms with van der Waals surface area (Å²) in [5.41, 5.74) is 7.55. The molecule has 0 aliphatic carbocycles. The molecule has 20 heavy (non-hydrogen) atoms. The summed E-state index contributed by atoms with van der Waals surface area (Å²) < 4.78 is 4.92. The molecule has 3 N–H and O–H groups in total. The zero-order valence-electron chi connectivity index (χ0n) is 12.1. The topological polar surface area (TPSA) is 84.7 Å². The highest BCUT2D eigenvalue weighted by molar-refractivity contribution is 5.92. The third kappa shape index (κ3) is 3.88. The molecule has 0 atom stereocenters. The zero-order chi connectivity index (χ0) is 15.1. The van der Waals surface area contributed by atoms with Crippen molar-refractivity contribution in [1.82, 2.24) is 5.32 Å². The van der Waals surface area contributed by atoms with E-state index in [9.17, 15) is 9.59 Å². The summed E-state index contributed by atoms with van der Waals surface area (Å²) in [6, 6.07) is 4.95. The molecule has 0 aliphatic heterocycles. The van der Waals surface area contributed by atoms with Crippen LogP contribution in [0, 0.1) is 0 Å². The Morgan fingerprint density at radius 3 is 2.55 bits per heavy atom. The molecule has 0 fully saturated rings. The molecular weight excluding hydrogens is 258 g/mol. The molecular formula is C14H21N3O3. The number of nitrogens with zero attached hydrogens (tertiary/aromatic N) is 1. The van der Waals surface area contributed by atoms with E-state index in [1.807, 2.05) is 11.8 Å². The Morgan fingerprint density at radius 1 is 1.35 bits per heavy atom. The molecule has 6 nitrogen and oxygen atoms in total. The van der Waals surface area contributed by atoms with Crippen molar-refractivity contribution >= 4 is 23.3 Å². The monoisotopic (exact) mass is 279 g/mol. The van der Waals surface area contributed by atoms with Gasteiger partial charge in [-0.2, -0.15) is 0 Å². The van der Waals surface area contributed by atoms with Gasteiger partial charge in [-0.15, -0.1) is 0 Å². The maximum Gasteiger partial charge on any atom is 0.338 e. The molecule has 0 radical (unpaired) electrons. The fraction of sp³-hybridized carbons (Fsp3) is 0.429. The molecule has 1 aromatic rings. The van der Waals surface area contributed by atoms with E-state index in [4.69, 9.17) is 10.5 Å². The standard InChI is InChI=1S/C14H21N3O3/c1-4-17(9-13(18)16-3)12-7-6-10(8-11(12)15)14(19)20-5-2/h6-8H,4-5,9,15H2,1-3H3,(H,16,18). The highest BCUT2D eigenvalue weighted by Gasteiger charge is 2.14. The lowest BCUT2D eigenvalue weighted by Crippen LogP contribution is -2.35. The number of nitrogen functional groups attached to an aromatic ring is 1. The number of nitrogens with two attached hydrogens (primary N) is 1. The number of nitrogens with one attached hydrogen (secondary N) is 1. The predicted molar refractivity (Wildman–Crippen MR) is 78.8 cm³/mol. The first-order chi connectivity index (χ1) is 9.53. The third-order valence-electron chi connectivity index (χ3n) is 2.87. The number of amides is 1. The summed E-state index contributed by atoms with van der Waals surface area (Å²) in [6.45, 7) is 4.85. The van der Waals surface area contributed by atoms with Gasteiger partial charge in [-0.1, -0.05) is 0 Å². The van der Waals surface area contributed by atoms with E-state index in [0.717, 1.165) is 5.69 Å². The Balaban J connectivity index is 2.96. The van der Waals surface area contributed by atoms with Crippen molar-refractivity contribution in [2.45, 2.75) is 13.8 Å². The van der Waals surface area contributed by atoms with Crippen molar-refractivity contribution in [3.05, 3.63) is 23.8 Å². The van der Waals surface area contributed by atoms with E-state index in [1.54, 1.807) is 32.2 Å². The van der Waals surface area contributed by atoms with Gasteiger partial charge in [0.1, 0.15) is 0 Å². The Bertz CT molecular complexity index is 489. The van der Waals surface area contributed by atoms with E-state index >= 15 is 0 Å². The first kappa shape index (κ1) is 15.8. The molecule has 1 aromatic carbocycles. The van der Waals surface area contributed by atoms with Gasteiger partial charge >= 0.3 is 5.97 Å². The summed E-state index contributed by atoms with van der Waals surface area (Å²) >= 11 is 0. The summed E-state index contributed by atoms with van der Waals surface area (Å²) in [5, 5.41) is 2.57. The number of hydrogen-bond acceptors (Lipinski definition) is 5. The van der Waals surface area contributed by atoms with Crippen LogP contribution in [0.2, 0.25) is 0 Å². The minimum Gasteiger partial charge on any atom is -0.462 e. The molecule has 0 aliphatic rings. The third-order valence-corrected chi connectivity index (χ3v) is 2.87. The fourth-order valence-corrected chi connectivity index (χ4v) is 1.80. The summed E-state index contributed by atoms with van der Waals surface area (Å²) in [6.07, 6.45) is 0. The second-order valence-corrected chi connectivity index (χ2v) is 4.18. The number of carbonyl (C=O) groups excluding carboxylic acids is 2. The van der Waals surface area contributed by atoms with Crippen LogP contribution in [0.4, 0.5) is 11.4 Å². The minimum atomic E-state index is -0.403. The highest BCUT2D eigenvalue weighted by atomic mass is 16.5. The van der Waals surface area contributed by atoms with Crippen molar-refractivity contribution in [3.63, 3.8) is 0 Å². The molecule has 1 rings (SSSR count). The molecule has 1 amide bonds. The molecule has 0 bridgehead atoms. The summed E-state index contributed by atoms with van der Waals surface area (Å²) in [7, 11) is 1.59. The van der Waals surface area contributed by atoms with Crippen LogP contribution in [-0.2, 0) is 9.53 Å². The van der Waals surface area contributed by atoms with Crippen LogP contribution in [0.1, 0.15) is 24.2 Å². The zero-order valence-corrected chi connectivity index (χ0v) is 12.1. The van der Waals surface area contributed by atoms with Gasteiger partial charge in [0.05, 0.1) is 30.1 Å². The van der Waals surface area contributed by atoms with Crippen LogP contribution in [0.3, 0.4) is 0 Å².